The van der Waals surface area contributed by atoms with Crippen LogP contribution >= 0.6 is 23.1 Å². The number of aromatic nitrogens is 2. The van der Waals surface area contributed by atoms with Gasteiger partial charge in [0.2, 0.25) is 5.91 Å². The fourth-order valence-corrected chi connectivity index (χ4v) is 4.69. The Bertz CT molecular complexity index is 1120. The van der Waals surface area contributed by atoms with E-state index in [0.717, 1.165) is 39.6 Å². The Labute approximate surface area is 195 Å². The second-order valence-corrected chi connectivity index (χ2v) is 8.80. The Hall–Kier alpha value is -2.86. The maximum Gasteiger partial charge on any atom is 0.416 e. The fourth-order valence-electron chi connectivity index (χ4n) is 2.85. The number of rotatable bonds is 8. The molecule has 0 fully saturated rings. The molecule has 0 aliphatic heterocycles. The predicted molar refractivity (Wildman–Crippen MR) is 118 cm³/mol. The summed E-state index contributed by atoms with van der Waals surface area (Å²) in [5.74, 6) is 0.441. The van der Waals surface area contributed by atoms with Crippen LogP contribution in [-0.4, -0.2) is 27.8 Å². The summed E-state index contributed by atoms with van der Waals surface area (Å²) in [6, 6.07) is 4.44. The monoisotopic (exact) mass is 499 g/mol. The maximum absolute atomic E-state index is 13.0. The van der Waals surface area contributed by atoms with Crippen molar-refractivity contribution in [3.63, 3.8) is 0 Å². The lowest BCUT2D eigenvalue weighted by molar-refractivity contribution is -0.141. The molecule has 0 saturated heterocycles. The summed E-state index contributed by atoms with van der Waals surface area (Å²) >= 11 is 2.42. The number of thioether (sulfide) groups is 1. The SMILES string of the molecule is CC(=O)N(c1cccc(C(F)(F)F)c1)c1nc(COC(=O)CSCc2c(C)noc2C)cs1. The molecule has 3 aromatic rings. The largest absolute Gasteiger partial charge is 0.459 e. The summed E-state index contributed by atoms with van der Waals surface area (Å²) in [7, 11) is 0. The zero-order valence-electron chi connectivity index (χ0n) is 17.9. The summed E-state index contributed by atoms with van der Waals surface area (Å²) in [6.07, 6.45) is -4.54. The summed E-state index contributed by atoms with van der Waals surface area (Å²) in [5, 5.41) is 5.63. The second kappa shape index (κ2) is 10.4. The quantitative estimate of drug-likeness (QED) is 0.382. The van der Waals surface area contributed by atoms with E-state index in [4.69, 9.17) is 9.26 Å². The number of carbonyl (C=O) groups excluding carboxylic acids is 2. The number of carbonyl (C=O) groups is 2. The highest BCUT2D eigenvalue weighted by Crippen LogP contribution is 2.35. The van der Waals surface area contributed by atoms with Gasteiger partial charge in [-0.2, -0.15) is 13.2 Å². The smallest absolute Gasteiger partial charge is 0.416 e. The molecule has 0 saturated carbocycles. The zero-order valence-corrected chi connectivity index (χ0v) is 19.6. The molecular formula is C21H20F3N3O4S2. The molecule has 1 amide bonds. The van der Waals surface area contributed by atoms with Crippen molar-refractivity contribution < 1.29 is 32.0 Å². The Morgan fingerprint density at radius 3 is 2.67 bits per heavy atom. The van der Waals surface area contributed by atoms with Gasteiger partial charge < -0.3 is 9.26 Å². The highest BCUT2D eigenvalue weighted by Gasteiger charge is 2.31. The van der Waals surface area contributed by atoms with E-state index in [1.165, 1.54) is 30.8 Å². The molecule has 1 aromatic carbocycles. The molecule has 0 radical (unpaired) electrons. The maximum atomic E-state index is 13.0. The van der Waals surface area contributed by atoms with Crippen molar-refractivity contribution in [3.8, 4) is 0 Å². The number of halogens is 3. The van der Waals surface area contributed by atoms with Crippen LogP contribution in [0.25, 0.3) is 0 Å². The summed E-state index contributed by atoms with van der Waals surface area (Å²) in [5.41, 5.74) is 1.28. The minimum atomic E-state index is -4.54. The number of anilines is 2. The first kappa shape index (κ1) is 24.8. The van der Waals surface area contributed by atoms with Crippen LogP contribution in [0.3, 0.4) is 0 Å². The molecule has 0 unspecified atom stereocenters. The average molecular weight is 500 g/mol. The molecule has 33 heavy (non-hydrogen) atoms. The molecule has 2 aromatic heterocycles. The summed E-state index contributed by atoms with van der Waals surface area (Å²) in [6.45, 7) is 4.75. The number of ether oxygens (including phenoxy) is 1. The second-order valence-electron chi connectivity index (χ2n) is 6.98. The van der Waals surface area contributed by atoms with Crippen LogP contribution in [0.4, 0.5) is 24.0 Å². The number of aryl methyl sites for hydroxylation is 2. The van der Waals surface area contributed by atoms with E-state index in [1.807, 2.05) is 6.92 Å². The van der Waals surface area contributed by atoms with E-state index >= 15 is 0 Å². The number of benzene rings is 1. The van der Waals surface area contributed by atoms with Crippen LogP contribution in [0.2, 0.25) is 0 Å². The molecule has 0 N–H and O–H groups in total. The van der Waals surface area contributed by atoms with E-state index in [2.05, 4.69) is 10.1 Å². The Morgan fingerprint density at radius 2 is 2.03 bits per heavy atom. The van der Waals surface area contributed by atoms with Crippen molar-refractivity contribution in [1.82, 2.24) is 10.1 Å². The Morgan fingerprint density at radius 1 is 1.27 bits per heavy atom. The van der Waals surface area contributed by atoms with Crippen LogP contribution in [0.15, 0.2) is 34.2 Å². The molecule has 0 aliphatic rings. The molecule has 7 nitrogen and oxygen atoms in total. The van der Waals surface area contributed by atoms with Crippen LogP contribution in [0.1, 0.15) is 35.2 Å². The lowest BCUT2D eigenvalue weighted by Crippen LogP contribution is -2.23. The van der Waals surface area contributed by atoms with E-state index in [-0.39, 0.29) is 23.2 Å². The molecule has 3 rings (SSSR count). The average Bonchev–Trinajstić information content (AvgIpc) is 3.33. The highest BCUT2D eigenvalue weighted by atomic mass is 32.2. The standard InChI is InChI=1S/C21H20F3N3O4S2/c1-12-18(13(2)31-26-12)10-32-11-19(29)30-8-16-9-33-20(25-16)27(14(3)28)17-6-4-5-15(7-17)21(22,23)24/h4-7,9H,8,10-11H2,1-3H3. The minimum absolute atomic E-state index is 0.0472. The van der Waals surface area contributed by atoms with E-state index in [1.54, 1.807) is 12.3 Å². The topological polar surface area (TPSA) is 85.5 Å². The van der Waals surface area contributed by atoms with Gasteiger partial charge in [0.05, 0.1) is 28.4 Å². The first-order valence-corrected chi connectivity index (χ1v) is 11.7. The van der Waals surface area contributed by atoms with Gasteiger partial charge in [-0.05, 0) is 32.0 Å². The van der Waals surface area contributed by atoms with E-state index < -0.39 is 23.6 Å². The van der Waals surface area contributed by atoms with Crippen LogP contribution < -0.4 is 4.90 Å². The number of hydrogen-bond acceptors (Lipinski definition) is 8. The molecular weight excluding hydrogens is 479 g/mol. The summed E-state index contributed by atoms with van der Waals surface area (Å²) < 4.78 is 49.5. The Kier molecular flexibility index (Phi) is 7.80. The van der Waals surface area contributed by atoms with Gasteiger partial charge in [0.25, 0.3) is 0 Å². The molecule has 176 valence electrons. The van der Waals surface area contributed by atoms with Crippen LogP contribution in [0, 0.1) is 13.8 Å². The number of alkyl halides is 3. The van der Waals surface area contributed by atoms with Gasteiger partial charge in [0.1, 0.15) is 12.4 Å². The van der Waals surface area contributed by atoms with Gasteiger partial charge in [-0.25, -0.2) is 4.98 Å². The number of nitrogens with zero attached hydrogens (tertiary/aromatic N) is 3. The highest BCUT2D eigenvalue weighted by molar-refractivity contribution is 7.99. The van der Waals surface area contributed by atoms with Crippen molar-refractivity contribution in [1.29, 1.82) is 0 Å². The van der Waals surface area contributed by atoms with Gasteiger partial charge in [-0.15, -0.1) is 23.1 Å². The van der Waals surface area contributed by atoms with Crippen molar-refractivity contribution in [3.05, 3.63) is 57.9 Å². The van der Waals surface area contributed by atoms with Crippen molar-refractivity contribution >= 4 is 45.8 Å². The molecule has 0 atom stereocenters. The van der Waals surface area contributed by atoms with Crippen molar-refractivity contribution in [2.24, 2.45) is 0 Å². The zero-order chi connectivity index (χ0) is 24.2. The predicted octanol–water partition coefficient (Wildman–Crippen LogP) is 5.43. The third-order valence-corrected chi connectivity index (χ3v) is 6.31. The first-order valence-electron chi connectivity index (χ1n) is 9.63. The first-order chi connectivity index (χ1) is 15.6. The van der Waals surface area contributed by atoms with E-state index in [0.29, 0.717) is 17.2 Å². The number of amides is 1. The third-order valence-electron chi connectivity index (χ3n) is 4.51. The van der Waals surface area contributed by atoms with Crippen LogP contribution in [-0.2, 0) is 32.9 Å². The Balaban J connectivity index is 1.60. The van der Waals surface area contributed by atoms with Gasteiger partial charge in [0, 0.05) is 23.6 Å². The molecule has 0 aliphatic carbocycles. The van der Waals surface area contributed by atoms with E-state index in [9.17, 15) is 22.8 Å². The number of hydrogen-bond donors (Lipinski definition) is 0. The summed E-state index contributed by atoms with van der Waals surface area (Å²) in [4.78, 5) is 29.5. The lowest BCUT2D eigenvalue weighted by atomic mass is 10.2. The number of thiazole rings is 1. The molecule has 12 heteroatoms. The molecule has 0 spiro atoms. The van der Waals surface area contributed by atoms with Crippen LogP contribution in [0.5, 0.6) is 0 Å². The molecule has 2 heterocycles. The van der Waals surface area contributed by atoms with Gasteiger partial charge in [0.15, 0.2) is 5.13 Å². The normalized spacial score (nSPS) is 11.5. The number of esters is 1. The van der Waals surface area contributed by atoms with Crippen molar-refractivity contribution in [2.75, 3.05) is 10.7 Å². The lowest BCUT2D eigenvalue weighted by Gasteiger charge is -2.19. The van der Waals surface area contributed by atoms with Gasteiger partial charge >= 0.3 is 12.1 Å². The third kappa shape index (κ3) is 6.35. The van der Waals surface area contributed by atoms with Gasteiger partial charge in [-0.1, -0.05) is 11.2 Å². The van der Waals surface area contributed by atoms with Gasteiger partial charge in [-0.3, -0.25) is 14.5 Å². The fraction of sp³-hybridized carbons (Fsp3) is 0.333. The van der Waals surface area contributed by atoms with Crippen molar-refractivity contribution in [2.45, 2.75) is 39.3 Å². The minimum Gasteiger partial charge on any atom is -0.459 e. The molecule has 0 bridgehead atoms.